The molecule has 1 aromatic carbocycles. The van der Waals surface area contributed by atoms with Gasteiger partial charge in [-0.3, -0.25) is 4.79 Å². The van der Waals surface area contributed by atoms with Crippen molar-refractivity contribution in [3.05, 3.63) is 57.3 Å². The van der Waals surface area contributed by atoms with E-state index in [2.05, 4.69) is 25.1 Å². The highest BCUT2D eigenvalue weighted by molar-refractivity contribution is 7.14. The van der Waals surface area contributed by atoms with Gasteiger partial charge in [-0.25, -0.2) is 0 Å². The second kappa shape index (κ2) is 6.02. The van der Waals surface area contributed by atoms with E-state index >= 15 is 0 Å². The van der Waals surface area contributed by atoms with Crippen LogP contribution >= 0.6 is 11.3 Å². The maximum Gasteiger partial charge on any atom is 0.263 e. The third kappa shape index (κ3) is 3.18. The first-order chi connectivity index (χ1) is 10.1. The highest BCUT2D eigenvalue weighted by Crippen LogP contribution is 2.32. The largest absolute Gasteiger partial charge is 0.337 e. The SMILES string of the molecule is CC1CCc2sc(C(=O)N(C)Cc3ccccc3)cc2C1. The van der Waals surface area contributed by atoms with Crippen LogP contribution in [0, 0.1) is 5.92 Å². The van der Waals surface area contributed by atoms with Crippen molar-refractivity contribution < 1.29 is 4.79 Å². The Balaban J connectivity index is 1.73. The van der Waals surface area contributed by atoms with E-state index in [9.17, 15) is 4.79 Å². The number of nitrogens with zero attached hydrogens (tertiary/aromatic N) is 1. The fraction of sp³-hybridized carbons (Fsp3) is 0.389. The van der Waals surface area contributed by atoms with Crippen LogP contribution in [-0.2, 0) is 19.4 Å². The molecule has 1 heterocycles. The van der Waals surface area contributed by atoms with E-state index in [1.807, 2.05) is 30.1 Å². The molecule has 3 rings (SSSR count). The second-order valence-electron chi connectivity index (χ2n) is 6.05. The van der Waals surface area contributed by atoms with Crippen molar-refractivity contribution in [2.45, 2.75) is 32.7 Å². The molecule has 1 aromatic heterocycles. The molecule has 0 saturated carbocycles. The molecular weight excluding hydrogens is 278 g/mol. The number of amides is 1. The minimum absolute atomic E-state index is 0.144. The molecule has 1 aliphatic rings. The summed E-state index contributed by atoms with van der Waals surface area (Å²) >= 11 is 1.69. The van der Waals surface area contributed by atoms with Gasteiger partial charge in [-0.1, -0.05) is 37.3 Å². The first-order valence-corrected chi connectivity index (χ1v) is 8.36. The summed E-state index contributed by atoms with van der Waals surface area (Å²) < 4.78 is 0. The molecule has 110 valence electrons. The lowest BCUT2D eigenvalue weighted by atomic mass is 9.90. The fourth-order valence-corrected chi connectivity index (χ4v) is 4.13. The molecule has 0 N–H and O–H groups in total. The zero-order valence-electron chi connectivity index (χ0n) is 12.6. The van der Waals surface area contributed by atoms with Crippen molar-refractivity contribution in [2.75, 3.05) is 7.05 Å². The monoisotopic (exact) mass is 299 g/mol. The molecule has 0 aliphatic heterocycles. The number of carbonyl (C=O) groups is 1. The third-order valence-corrected chi connectivity index (χ3v) is 5.37. The van der Waals surface area contributed by atoms with Crippen molar-refractivity contribution in [2.24, 2.45) is 5.92 Å². The van der Waals surface area contributed by atoms with Gasteiger partial charge in [-0.05, 0) is 42.4 Å². The maximum atomic E-state index is 12.6. The van der Waals surface area contributed by atoms with Crippen LogP contribution in [-0.4, -0.2) is 17.9 Å². The first kappa shape index (κ1) is 14.3. The highest BCUT2D eigenvalue weighted by Gasteiger charge is 2.22. The Morgan fingerprint density at radius 1 is 1.33 bits per heavy atom. The van der Waals surface area contributed by atoms with E-state index in [-0.39, 0.29) is 5.91 Å². The minimum Gasteiger partial charge on any atom is -0.337 e. The summed E-state index contributed by atoms with van der Waals surface area (Å²) in [7, 11) is 1.89. The van der Waals surface area contributed by atoms with Crippen LogP contribution in [0.3, 0.4) is 0 Å². The van der Waals surface area contributed by atoms with Gasteiger partial charge in [-0.2, -0.15) is 0 Å². The Morgan fingerprint density at radius 2 is 2.10 bits per heavy atom. The minimum atomic E-state index is 0.144. The predicted molar refractivity (Wildman–Crippen MR) is 87.7 cm³/mol. The number of thiophene rings is 1. The fourth-order valence-electron chi connectivity index (χ4n) is 2.93. The smallest absolute Gasteiger partial charge is 0.263 e. The molecule has 0 radical (unpaired) electrons. The number of fused-ring (bicyclic) bond motifs is 1. The summed E-state index contributed by atoms with van der Waals surface area (Å²) in [6.45, 7) is 2.96. The van der Waals surface area contributed by atoms with Crippen LogP contribution in [0.4, 0.5) is 0 Å². The lowest BCUT2D eigenvalue weighted by molar-refractivity contribution is 0.0790. The summed E-state index contributed by atoms with van der Waals surface area (Å²) in [5, 5.41) is 0. The van der Waals surface area contributed by atoms with Gasteiger partial charge in [0, 0.05) is 18.5 Å². The maximum absolute atomic E-state index is 12.6. The standard InChI is InChI=1S/C18H21NOS/c1-13-8-9-16-15(10-13)11-17(21-16)18(20)19(2)12-14-6-4-3-5-7-14/h3-7,11,13H,8-10,12H2,1-2H3. The van der Waals surface area contributed by atoms with Gasteiger partial charge in [0.05, 0.1) is 4.88 Å². The van der Waals surface area contributed by atoms with Crippen LogP contribution in [0.2, 0.25) is 0 Å². The van der Waals surface area contributed by atoms with Crippen molar-refractivity contribution in [3.63, 3.8) is 0 Å². The third-order valence-electron chi connectivity index (χ3n) is 4.15. The average molecular weight is 299 g/mol. The van der Waals surface area contributed by atoms with Gasteiger partial charge in [0.2, 0.25) is 0 Å². The molecule has 1 unspecified atom stereocenters. The molecule has 0 fully saturated rings. The molecule has 0 spiro atoms. The van der Waals surface area contributed by atoms with E-state index in [1.165, 1.54) is 22.4 Å². The number of hydrogen-bond donors (Lipinski definition) is 0. The van der Waals surface area contributed by atoms with Gasteiger partial charge in [0.25, 0.3) is 5.91 Å². The molecule has 2 nitrogen and oxygen atoms in total. The Kier molecular flexibility index (Phi) is 4.11. The molecule has 0 saturated heterocycles. The summed E-state index contributed by atoms with van der Waals surface area (Å²) in [6.07, 6.45) is 3.51. The summed E-state index contributed by atoms with van der Waals surface area (Å²) in [4.78, 5) is 16.7. The Morgan fingerprint density at radius 3 is 2.86 bits per heavy atom. The van der Waals surface area contributed by atoms with Gasteiger partial charge in [-0.15, -0.1) is 11.3 Å². The summed E-state index contributed by atoms with van der Waals surface area (Å²) in [5.41, 5.74) is 2.57. The van der Waals surface area contributed by atoms with E-state index in [0.717, 1.165) is 23.6 Å². The summed E-state index contributed by atoms with van der Waals surface area (Å²) in [6, 6.07) is 12.3. The Labute approximate surface area is 130 Å². The van der Waals surface area contributed by atoms with Crippen LogP contribution in [0.15, 0.2) is 36.4 Å². The van der Waals surface area contributed by atoms with Gasteiger partial charge in [0.15, 0.2) is 0 Å². The highest BCUT2D eigenvalue weighted by atomic mass is 32.1. The van der Waals surface area contributed by atoms with Gasteiger partial charge >= 0.3 is 0 Å². The normalized spacial score (nSPS) is 17.3. The molecule has 3 heteroatoms. The number of carbonyl (C=O) groups excluding carboxylic acids is 1. The molecule has 2 aromatic rings. The van der Waals surface area contributed by atoms with Crippen LogP contribution in [0.5, 0.6) is 0 Å². The van der Waals surface area contributed by atoms with Crippen molar-refractivity contribution in [1.82, 2.24) is 4.90 Å². The molecule has 1 atom stereocenters. The zero-order chi connectivity index (χ0) is 14.8. The van der Waals surface area contributed by atoms with E-state index in [0.29, 0.717) is 6.54 Å². The van der Waals surface area contributed by atoms with Crippen LogP contribution in [0.1, 0.15) is 39.0 Å². The topological polar surface area (TPSA) is 20.3 Å². The van der Waals surface area contributed by atoms with Crippen molar-refractivity contribution in [1.29, 1.82) is 0 Å². The quantitative estimate of drug-likeness (QED) is 0.834. The van der Waals surface area contributed by atoms with Crippen molar-refractivity contribution in [3.8, 4) is 0 Å². The average Bonchev–Trinajstić information content (AvgIpc) is 2.90. The molecule has 0 bridgehead atoms. The van der Waals surface area contributed by atoms with E-state index < -0.39 is 0 Å². The molecule has 1 amide bonds. The summed E-state index contributed by atoms with van der Waals surface area (Å²) in [5.74, 6) is 0.892. The molecule has 1 aliphatic carbocycles. The number of hydrogen-bond acceptors (Lipinski definition) is 2. The van der Waals surface area contributed by atoms with E-state index in [1.54, 1.807) is 11.3 Å². The first-order valence-electron chi connectivity index (χ1n) is 7.54. The van der Waals surface area contributed by atoms with Gasteiger partial charge in [0.1, 0.15) is 0 Å². The Hall–Kier alpha value is -1.61. The van der Waals surface area contributed by atoms with Crippen LogP contribution < -0.4 is 0 Å². The number of rotatable bonds is 3. The van der Waals surface area contributed by atoms with Gasteiger partial charge < -0.3 is 4.90 Å². The Bertz CT molecular complexity index is 632. The lowest BCUT2D eigenvalue weighted by Gasteiger charge is -2.16. The number of benzene rings is 1. The van der Waals surface area contributed by atoms with E-state index in [4.69, 9.17) is 0 Å². The zero-order valence-corrected chi connectivity index (χ0v) is 13.5. The lowest BCUT2D eigenvalue weighted by Crippen LogP contribution is -2.25. The van der Waals surface area contributed by atoms with Crippen molar-refractivity contribution >= 4 is 17.2 Å². The van der Waals surface area contributed by atoms with Crippen LogP contribution in [0.25, 0.3) is 0 Å². The number of aryl methyl sites for hydroxylation is 1. The molecule has 21 heavy (non-hydrogen) atoms. The predicted octanol–water partition coefficient (Wildman–Crippen LogP) is 4.15. The second-order valence-corrected chi connectivity index (χ2v) is 7.19. The molecular formula is C18H21NOS.